The Morgan fingerprint density at radius 3 is 2.74 bits per heavy atom. The third kappa shape index (κ3) is 6.24. The van der Waals surface area contributed by atoms with Gasteiger partial charge in [-0.25, -0.2) is 4.79 Å². The second-order valence-corrected chi connectivity index (χ2v) is 7.26. The second-order valence-electron chi connectivity index (χ2n) is 7.26. The number of amides is 2. The number of likely N-dealkylation sites (tertiary alicyclic amines) is 1. The van der Waals surface area contributed by atoms with Crippen molar-refractivity contribution < 1.29 is 14.3 Å². The highest BCUT2D eigenvalue weighted by Gasteiger charge is 2.43. The average Bonchev–Trinajstić information content (AvgIpc) is 2.84. The number of ether oxygens (including phenoxy) is 1. The average molecular weight is 376 g/mol. The van der Waals surface area contributed by atoms with Crippen molar-refractivity contribution in [2.45, 2.75) is 64.0 Å². The molecule has 2 amide bonds. The molecule has 1 aliphatic rings. The molecule has 1 saturated heterocycles. The summed E-state index contributed by atoms with van der Waals surface area (Å²) in [6.45, 7) is 4.28. The lowest BCUT2D eigenvalue weighted by molar-refractivity contribution is -0.138. The molecule has 3 N–H and O–H groups in total. The summed E-state index contributed by atoms with van der Waals surface area (Å²) in [6, 6.07) is 9.53. The lowest BCUT2D eigenvalue weighted by atomic mass is 9.87. The van der Waals surface area contributed by atoms with Crippen LogP contribution in [0.5, 0.6) is 0 Å². The SMILES string of the molecule is CCCCN1CCCCC(CCCN)(NC(=O)OCc2ccccc2)C1=O. The Kier molecular flexibility index (Phi) is 8.58. The quantitative estimate of drug-likeness (QED) is 0.694. The fourth-order valence-corrected chi connectivity index (χ4v) is 3.57. The normalized spacial score (nSPS) is 20.2. The van der Waals surface area contributed by atoms with E-state index in [1.165, 1.54) is 0 Å². The van der Waals surface area contributed by atoms with Gasteiger partial charge in [-0.15, -0.1) is 0 Å². The molecule has 1 fully saturated rings. The summed E-state index contributed by atoms with van der Waals surface area (Å²) in [5.74, 6) is 0.0126. The summed E-state index contributed by atoms with van der Waals surface area (Å²) < 4.78 is 5.39. The minimum Gasteiger partial charge on any atom is -0.445 e. The monoisotopic (exact) mass is 375 g/mol. The summed E-state index contributed by atoms with van der Waals surface area (Å²) in [7, 11) is 0. The van der Waals surface area contributed by atoms with E-state index in [1.807, 2.05) is 35.2 Å². The topological polar surface area (TPSA) is 84.7 Å². The van der Waals surface area contributed by atoms with E-state index in [9.17, 15) is 9.59 Å². The van der Waals surface area contributed by atoms with Crippen molar-refractivity contribution in [3.05, 3.63) is 35.9 Å². The molecular formula is C21H33N3O3. The van der Waals surface area contributed by atoms with Crippen LogP contribution in [0.1, 0.15) is 57.4 Å². The first kappa shape index (κ1) is 21.2. The van der Waals surface area contributed by atoms with Gasteiger partial charge in [-0.2, -0.15) is 0 Å². The molecule has 0 saturated carbocycles. The summed E-state index contributed by atoms with van der Waals surface area (Å²) >= 11 is 0. The van der Waals surface area contributed by atoms with Crippen LogP contribution in [0.4, 0.5) is 4.79 Å². The number of carbonyl (C=O) groups excluding carboxylic acids is 2. The van der Waals surface area contributed by atoms with E-state index >= 15 is 0 Å². The van der Waals surface area contributed by atoms with Crippen molar-refractivity contribution in [3.8, 4) is 0 Å². The number of benzene rings is 1. The van der Waals surface area contributed by atoms with Crippen molar-refractivity contribution in [1.82, 2.24) is 10.2 Å². The molecule has 0 bridgehead atoms. The smallest absolute Gasteiger partial charge is 0.408 e. The predicted octanol–water partition coefficient (Wildman–Crippen LogP) is 3.20. The predicted molar refractivity (Wildman–Crippen MR) is 106 cm³/mol. The van der Waals surface area contributed by atoms with Crippen LogP contribution in [0.25, 0.3) is 0 Å². The van der Waals surface area contributed by atoms with Crippen LogP contribution in [0.15, 0.2) is 30.3 Å². The van der Waals surface area contributed by atoms with Crippen LogP contribution in [-0.4, -0.2) is 42.1 Å². The molecule has 0 spiro atoms. The molecule has 1 atom stereocenters. The van der Waals surface area contributed by atoms with Gasteiger partial charge in [-0.1, -0.05) is 43.7 Å². The first-order chi connectivity index (χ1) is 13.1. The van der Waals surface area contributed by atoms with Crippen LogP contribution in [-0.2, 0) is 16.1 Å². The van der Waals surface area contributed by atoms with Gasteiger partial charge in [-0.3, -0.25) is 4.79 Å². The number of hydrogen-bond donors (Lipinski definition) is 2. The number of nitrogens with zero attached hydrogens (tertiary/aromatic N) is 1. The molecule has 27 heavy (non-hydrogen) atoms. The first-order valence-electron chi connectivity index (χ1n) is 10.1. The van der Waals surface area contributed by atoms with E-state index in [1.54, 1.807) is 0 Å². The Bertz CT molecular complexity index is 594. The van der Waals surface area contributed by atoms with Crippen molar-refractivity contribution in [1.29, 1.82) is 0 Å². The molecule has 0 radical (unpaired) electrons. The van der Waals surface area contributed by atoms with Crippen molar-refractivity contribution in [2.24, 2.45) is 5.73 Å². The zero-order valence-corrected chi connectivity index (χ0v) is 16.4. The number of nitrogens with two attached hydrogens (primary N) is 1. The van der Waals surface area contributed by atoms with Crippen LogP contribution in [0, 0.1) is 0 Å². The number of nitrogens with one attached hydrogen (secondary N) is 1. The van der Waals surface area contributed by atoms with Crippen LogP contribution in [0.3, 0.4) is 0 Å². The minimum atomic E-state index is -0.905. The molecule has 1 heterocycles. The van der Waals surface area contributed by atoms with Gasteiger partial charge >= 0.3 is 6.09 Å². The zero-order valence-electron chi connectivity index (χ0n) is 16.4. The summed E-state index contributed by atoms with van der Waals surface area (Å²) in [5.41, 5.74) is 5.71. The number of carbonyl (C=O) groups is 2. The largest absolute Gasteiger partial charge is 0.445 e. The molecule has 1 aromatic carbocycles. The molecule has 0 aliphatic carbocycles. The van der Waals surface area contributed by atoms with Crippen molar-refractivity contribution in [3.63, 3.8) is 0 Å². The second kappa shape index (κ2) is 10.9. The van der Waals surface area contributed by atoms with Gasteiger partial charge < -0.3 is 20.7 Å². The lowest BCUT2D eigenvalue weighted by Gasteiger charge is -2.35. The van der Waals surface area contributed by atoms with Gasteiger partial charge in [0.2, 0.25) is 5.91 Å². The Hall–Kier alpha value is -2.08. The molecule has 6 nitrogen and oxygen atoms in total. The number of alkyl carbamates (subject to hydrolysis) is 1. The standard InChI is InChI=1S/C21H33N3O3/c1-2-3-15-24-16-8-7-12-21(19(24)25,13-9-14-22)23-20(26)27-17-18-10-5-4-6-11-18/h4-6,10-11H,2-3,7-9,12-17,22H2,1H3,(H,23,26). The Morgan fingerprint density at radius 2 is 2.04 bits per heavy atom. The summed E-state index contributed by atoms with van der Waals surface area (Å²) in [6.07, 6.45) is 5.19. The highest BCUT2D eigenvalue weighted by Crippen LogP contribution is 2.27. The number of hydrogen-bond acceptors (Lipinski definition) is 4. The van der Waals surface area contributed by atoms with Gasteiger partial charge in [0.15, 0.2) is 0 Å². The van der Waals surface area contributed by atoms with Crippen molar-refractivity contribution in [2.75, 3.05) is 19.6 Å². The van der Waals surface area contributed by atoms with Crippen LogP contribution < -0.4 is 11.1 Å². The maximum absolute atomic E-state index is 13.3. The molecular weight excluding hydrogens is 342 g/mol. The van der Waals surface area contributed by atoms with Crippen LogP contribution >= 0.6 is 0 Å². The third-order valence-electron chi connectivity index (χ3n) is 5.12. The van der Waals surface area contributed by atoms with Gasteiger partial charge in [0.05, 0.1) is 0 Å². The maximum atomic E-state index is 13.3. The zero-order chi connectivity index (χ0) is 19.5. The van der Waals surface area contributed by atoms with Crippen molar-refractivity contribution >= 4 is 12.0 Å². The number of unbranched alkanes of at least 4 members (excludes halogenated alkanes) is 1. The fourth-order valence-electron chi connectivity index (χ4n) is 3.57. The van der Waals surface area contributed by atoms with E-state index in [-0.39, 0.29) is 12.5 Å². The molecule has 0 aromatic heterocycles. The molecule has 1 aromatic rings. The molecule has 150 valence electrons. The Labute approximate surface area is 162 Å². The Balaban J connectivity index is 2.08. The highest BCUT2D eigenvalue weighted by molar-refractivity contribution is 5.90. The van der Waals surface area contributed by atoms with Crippen LogP contribution in [0.2, 0.25) is 0 Å². The Morgan fingerprint density at radius 1 is 1.26 bits per heavy atom. The fraction of sp³-hybridized carbons (Fsp3) is 0.619. The lowest BCUT2D eigenvalue weighted by Crippen LogP contribution is -2.59. The molecule has 2 rings (SSSR count). The van der Waals surface area contributed by atoms with Gasteiger partial charge in [0, 0.05) is 13.1 Å². The van der Waals surface area contributed by atoms with E-state index in [2.05, 4.69) is 12.2 Å². The van der Waals surface area contributed by atoms with Gasteiger partial charge in [-0.05, 0) is 50.6 Å². The maximum Gasteiger partial charge on any atom is 0.408 e. The number of rotatable bonds is 9. The molecule has 1 aliphatic heterocycles. The molecule has 6 heteroatoms. The van der Waals surface area contributed by atoms with E-state index in [4.69, 9.17) is 10.5 Å². The van der Waals surface area contributed by atoms with Gasteiger partial charge in [0.25, 0.3) is 0 Å². The minimum absolute atomic E-state index is 0.0126. The van der Waals surface area contributed by atoms with Gasteiger partial charge in [0.1, 0.15) is 12.1 Å². The summed E-state index contributed by atoms with van der Waals surface area (Å²) in [5, 5.41) is 2.93. The third-order valence-corrected chi connectivity index (χ3v) is 5.12. The van der Waals surface area contributed by atoms with E-state index in [0.717, 1.165) is 44.3 Å². The van der Waals surface area contributed by atoms with E-state index in [0.29, 0.717) is 25.8 Å². The molecule has 1 unspecified atom stereocenters. The first-order valence-corrected chi connectivity index (χ1v) is 10.1. The summed E-state index contributed by atoms with van der Waals surface area (Å²) in [4.78, 5) is 27.7. The van der Waals surface area contributed by atoms with E-state index < -0.39 is 11.6 Å². The highest BCUT2D eigenvalue weighted by atomic mass is 16.5.